The molecule has 0 saturated carbocycles. The molecular formula is C17H24ClN. The van der Waals surface area contributed by atoms with Gasteiger partial charge in [-0.15, -0.1) is 19.0 Å². The monoisotopic (exact) mass is 277 g/mol. The van der Waals surface area contributed by atoms with Crippen molar-refractivity contribution in [2.75, 3.05) is 0 Å². The normalized spacial score (nSPS) is 30.4. The number of halogens is 1. The van der Waals surface area contributed by atoms with Gasteiger partial charge in [-0.3, -0.25) is 0 Å². The molecule has 2 heteroatoms. The Bertz CT molecular complexity index is 492. The summed E-state index contributed by atoms with van der Waals surface area (Å²) in [7, 11) is 0. The molecule has 3 atom stereocenters. The highest BCUT2D eigenvalue weighted by atomic mass is 35.5. The summed E-state index contributed by atoms with van der Waals surface area (Å²) < 4.78 is 0. The third-order valence-electron chi connectivity index (χ3n) is 4.66. The Kier molecular flexibility index (Phi) is 3.81. The van der Waals surface area contributed by atoms with Crippen LogP contribution in [-0.2, 0) is 0 Å². The average Bonchev–Trinajstić information content (AvgIpc) is 2.26. The van der Waals surface area contributed by atoms with Gasteiger partial charge in [0.15, 0.2) is 0 Å². The highest BCUT2D eigenvalue weighted by Crippen LogP contribution is 2.55. The molecule has 1 aromatic rings. The summed E-state index contributed by atoms with van der Waals surface area (Å²) in [5, 5.41) is 3.84. The maximum atomic E-state index is 4.10. The maximum absolute atomic E-state index is 4.10. The van der Waals surface area contributed by atoms with Crippen LogP contribution in [0.4, 0.5) is 0 Å². The third-order valence-corrected chi connectivity index (χ3v) is 4.66. The summed E-state index contributed by atoms with van der Waals surface area (Å²) in [6.45, 7) is 11.1. The van der Waals surface area contributed by atoms with Gasteiger partial charge in [0, 0.05) is 18.0 Å². The van der Waals surface area contributed by atoms with Crippen molar-refractivity contribution in [2.45, 2.75) is 51.6 Å². The Morgan fingerprint density at radius 1 is 1.32 bits per heavy atom. The third kappa shape index (κ3) is 2.34. The largest absolute Gasteiger partial charge is 0.306 e. The van der Waals surface area contributed by atoms with E-state index in [-0.39, 0.29) is 12.4 Å². The second-order valence-corrected chi connectivity index (χ2v) is 6.79. The molecular weight excluding hydrogens is 254 g/mol. The zero-order valence-electron chi connectivity index (χ0n) is 12.1. The van der Waals surface area contributed by atoms with E-state index in [1.54, 1.807) is 5.56 Å². The smallest absolute Gasteiger partial charge is 0.0331 e. The van der Waals surface area contributed by atoms with Gasteiger partial charge in [-0.2, -0.15) is 0 Å². The molecule has 3 unspecified atom stereocenters. The Balaban J connectivity index is 0.00000133. The standard InChI is InChI=1S/C17H23N.ClH/c1-11(2)9-14-16-13-8-6-5-7-12(13)15(18-14)10-17(16,3)4;/h5-8,14-16,18H,1,9-10H2,2-4H3;1H. The Morgan fingerprint density at radius 3 is 2.58 bits per heavy atom. The SMILES string of the molecule is C=C(C)CC1NC2CC(C)(C)C1c1ccccc12.Cl. The number of fused-ring (bicyclic) bond motifs is 2. The van der Waals surface area contributed by atoms with E-state index in [0.29, 0.717) is 23.4 Å². The van der Waals surface area contributed by atoms with E-state index in [9.17, 15) is 0 Å². The minimum absolute atomic E-state index is 0. The maximum Gasteiger partial charge on any atom is 0.0331 e. The second-order valence-electron chi connectivity index (χ2n) is 6.79. The fraction of sp³-hybridized carbons (Fsp3) is 0.529. The van der Waals surface area contributed by atoms with Gasteiger partial charge in [0.05, 0.1) is 0 Å². The van der Waals surface area contributed by atoms with Crippen molar-refractivity contribution < 1.29 is 0 Å². The van der Waals surface area contributed by atoms with Crippen LogP contribution in [0.3, 0.4) is 0 Å². The first-order valence-corrected chi connectivity index (χ1v) is 6.98. The molecule has 3 aliphatic rings. The van der Waals surface area contributed by atoms with E-state index in [4.69, 9.17) is 0 Å². The lowest BCUT2D eigenvalue weighted by molar-refractivity contribution is 0.104. The number of hydrogen-bond donors (Lipinski definition) is 1. The van der Waals surface area contributed by atoms with E-state index in [2.05, 4.69) is 56.9 Å². The number of hydrogen-bond acceptors (Lipinski definition) is 1. The molecule has 0 amide bonds. The van der Waals surface area contributed by atoms with Gasteiger partial charge < -0.3 is 5.32 Å². The second kappa shape index (κ2) is 4.96. The van der Waals surface area contributed by atoms with Crippen molar-refractivity contribution in [1.82, 2.24) is 5.32 Å². The zero-order chi connectivity index (χ0) is 12.9. The summed E-state index contributed by atoms with van der Waals surface area (Å²) in [4.78, 5) is 0. The molecule has 1 saturated heterocycles. The molecule has 1 N–H and O–H groups in total. The van der Waals surface area contributed by atoms with Crippen LogP contribution in [-0.4, -0.2) is 6.04 Å². The molecule has 1 aliphatic carbocycles. The summed E-state index contributed by atoms with van der Waals surface area (Å²) in [5.74, 6) is 0.621. The highest BCUT2D eigenvalue weighted by molar-refractivity contribution is 5.85. The molecule has 0 spiro atoms. The van der Waals surface area contributed by atoms with Gasteiger partial charge >= 0.3 is 0 Å². The van der Waals surface area contributed by atoms with Crippen LogP contribution in [0, 0.1) is 5.41 Å². The minimum atomic E-state index is 0. The molecule has 0 radical (unpaired) electrons. The molecule has 0 aromatic heterocycles. The molecule has 1 fully saturated rings. The first kappa shape index (κ1) is 14.6. The van der Waals surface area contributed by atoms with Gasteiger partial charge in [0.2, 0.25) is 0 Å². The van der Waals surface area contributed by atoms with Crippen molar-refractivity contribution >= 4 is 12.4 Å². The number of nitrogens with one attached hydrogen (secondary N) is 1. The molecule has 1 aromatic carbocycles. The first-order valence-electron chi connectivity index (χ1n) is 6.98. The van der Waals surface area contributed by atoms with E-state index < -0.39 is 0 Å². The lowest BCUT2D eigenvalue weighted by atomic mass is 9.58. The van der Waals surface area contributed by atoms with Crippen LogP contribution >= 0.6 is 12.4 Å². The molecule has 19 heavy (non-hydrogen) atoms. The summed E-state index contributed by atoms with van der Waals surface area (Å²) in [6, 6.07) is 10.1. The van der Waals surface area contributed by atoms with Gasteiger partial charge in [-0.1, -0.05) is 43.7 Å². The fourth-order valence-electron chi connectivity index (χ4n) is 4.11. The predicted molar refractivity (Wildman–Crippen MR) is 83.9 cm³/mol. The van der Waals surface area contributed by atoms with Crippen LogP contribution in [0.15, 0.2) is 36.4 Å². The van der Waals surface area contributed by atoms with Crippen LogP contribution < -0.4 is 5.32 Å². The number of rotatable bonds is 2. The molecule has 2 heterocycles. The van der Waals surface area contributed by atoms with E-state index in [1.807, 2.05) is 0 Å². The summed E-state index contributed by atoms with van der Waals surface area (Å²) in [5.41, 5.74) is 4.78. The summed E-state index contributed by atoms with van der Waals surface area (Å²) in [6.07, 6.45) is 2.35. The lowest BCUT2D eigenvalue weighted by Crippen LogP contribution is -2.54. The molecule has 2 bridgehead atoms. The van der Waals surface area contributed by atoms with Crippen molar-refractivity contribution in [2.24, 2.45) is 5.41 Å². The summed E-state index contributed by atoms with van der Waals surface area (Å²) >= 11 is 0. The number of benzene rings is 1. The molecule has 2 aliphatic heterocycles. The van der Waals surface area contributed by atoms with Crippen molar-refractivity contribution in [3.63, 3.8) is 0 Å². The van der Waals surface area contributed by atoms with E-state index in [0.717, 1.165) is 6.42 Å². The van der Waals surface area contributed by atoms with E-state index >= 15 is 0 Å². The lowest BCUT2D eigenvalue weighted by Gasteiger charge is -2.54. The topological polar surface area (TPSA) is 12.0 Å². The Morgan fingerprint density at radius 2 is 1.95 bits per heavy atom. The van der Waals surface area contributed by atoms with Crippen LogP contribution in [0.5, 0.6) is 0 Å². The van der Waals surface area contributed by atoms with Crippen molar-refractivity contribution in [3.05, 3.63) is 47.5 Å². The van der Waals surface area contributed by atoms with Gasteiger partial charge in [-0.25, -0.2) is 0 Å². The average molecular weight is 278 g/mol. The van der Waals surface area contributed by atoms with E-state index in [1.165, 1.54) is 17.6 Å². The van der Waals surface area contributed by atoms with Crippen LogP contribution in [0.1, 0.15) is 56.7 Å². The van der Waals surface area contributed by atoms with Crippen LogP contribution in [0.2, 0.25) is 0 Å². The fourth-order valence-corrected chi connectivity index (χ4v) is 4.11. The quantitative estimate of drug-likeness (QED) is 0.779. The number of piperidine rings is 1. The van der Waals surface area contributed by atoms with Gasteiger partial charge in [0.1, 0.15) is 0 Å². The predicted octanol–water partition coefficient (Wildman–Crippen LogP) is 4.60. The molecule has 4 rings (SSSR count). The highest BCUT2D eigenvalue weighted by Gasteiger charge is 2.48. The van der Waals surface area contributed by atoms with Crippen molar-refractivity contribution in [1.29, 1.82) is 0 Å². The van der Waals surface area contributed by atoms with Crippen LogP contribution in [0.25, 0.3) is 0 Å². The molecule has 1 nitrogen and oxygen atoms in total. The van der Waals surface area contributed by atoms with Gasteiger partial charge in [-0.05, 0) is 36.3 Å². The first-order chi connectivity index (χ1) is 8.49. The Hall–Kier alpha value is -0.790. The van der Waals surface area contributed by atoms with Crippen molar-refractivity contribution in [3.8, 4) is 0 Å². The zero-order valence-corrected chi connectivity index (χ0v) is 12.9. The Labute approximate surface area is 122 Å². The minimum Gasteiger partial charge on any atom is -0.306 e. The van der Waals surface area contributed by atoms with Gasteiger partial charge in [0.25, 0.3) is 0 Å². The molecule has 104 valence electrons.